The lowest BCUT2D eigenvalue weighted by Crippen LogP contribution is -2.35. The Kier molecular flexibility index (Phi) is 4.48. The van der Waals surface area contributed by atoms with Crippen LogP contribution in [0.25, 0.3) is 0 Å². The third-order valence-corrected chi connectivity index (χ3v) is 4.41. The van der Waals surface area contributed by atoms with E-state index in [4.69, 9.17) is 0 Å². The molecule has 0 aliphatic carbocycles. The molecule has 0 amide bonds. The van der Waals surface area contributed by atoms with Crippen molar-refractivity contribution in [3.8, 4) is 0 Å². The SMILES string of the molecule is Cc1nn(Cc2ccc(Br)s2)cc1CNC(C)(C)C. The highest BCUT2D eigenvalue weighted by atomic mass is 79.9. The molecule has 0 fully saturated rings. The van der Waals surface area contributed by atoms with Crippen molar-refractivity contribution in [3.63, 3.8) is 0 Å². The van der Waals surface area contributed by atoms with Gasteiger partial charge >= 0.3 is 0 Å². The number of aromatic nitrogens is 2. The fraction of sp³-hybridized carbons (Fsp3) is 0.500. The molecule has 0 unspecified atom stereocenters. The third kappa shape index (κ3) is 4.44. The van der Waals surface area contributed by atoms with E-state index in [-0.39, 0.29) is 5.54 Å². The monoisotopic (exact) mass is 341 g/mol. The molecular formula is C14H20BrN3S. The van der Waals surface area contributed by atoms with Crippen molar-refractivity contribution in [2.45, 2.75) is 46.3 Å². The molecule has 3 nitrogen and oxygen atoms in total. The summed E-state index contributed by atoms with van der Waals surface area (Å²) in [5.41, 5.74) is 2.51. The van der Waals surface area contributed by atoms with Gasteiger partial charge in [-0.15, -0.1) is 11.3 Å². The molecule has 0 aliphatic rings. The Balaban J connectivity index is 2.04. The van der Waals surface area contributed by atoms with Crippen LogP contribution in [0.3, 0.4) is 0 Å². The Bertz CT molecular complexity index is 551. The summed E-state index contributed by atoms with van der Waals surface area (Å²) in [6.45, 7) is 10.3. The van der Waals surface area contributed by atoms with Crippen LogP contribution in [0.5, 0.6) is 0 Å². The average Bonchev–Trinajstić information content (AvgIpc) is 2.82. The van der Waals surface area contributed by atoms with E-state index in [0.29, 0.717) is 0 Å². The number of hydrogen-bond donors (Lipinski definition) is 1. The standard InChI is InChI=1S/C14H20BrN3S/c1-10-11(7-16-14(2,3)4)8-18(17-10)9-12-5-6-13(15)19-12/h5-6,8,16H,7,9H2,1-4H3. The van der Waals surface area contributed by atoms with Gasteiger partial charge in [-0.2, -0.15) is 5.10 Å². The molecule has 0 saturated carbocycles. The molecule has 0 atom stereocenters. The predicted octanol–water partition coefficient (Wildman–Crippen LogP) is 3.95. The zero-order chi connectivity index (χ0) is 14.0. The predicted molar refractivity (Wildman–Crippen MR) is 84.7 cm³/mol. The van der Waals surface area contributed by atoms with E-state index in [1.807, 2.05) is 4.68 Å². The highest BCUT2D eigenvalue weighted by molar-refractivity contribution is 9.11. The van der Waals surface area contributed by atoms with Gasteiger partial charge in [-0.05, 0) is 55.8 Å². The molecule has 0 aliphatic heterocycles. The largest absolute Gasteiger partial charge is 0.308 e. The maximum atomic E-state index is 4.58. The van der Waals surface area contributed by atoms with Gasteiger partial charge in [0.15, 0.2) is 0 Å². The van der Waals surface area contributed by atoms with Crippen LogP contribution in [0.4, 0.5) is 0 Å². The van der Waals surface area contributed by atoms with Crippen molar-refractivity contribution in [3.05, 3.63) is 38.3 Å². The molecule has 2 rings (SSSR count). The van der Waals surface area contributed by atoms with Crippen LogP contribution in [0.2, 0.25) is 0 Å². The quantitative estimate of drug-likeness (QED) is 0.912. The average molecular weight is 342 g/mol. The van der Waals surface area contributed by atoms with E-state index in [1.165, 1.54) is 14.2 Å². The summed E-state index contributed by atoms with van der Waals surface area (Å²) < 4.78 is 3.19. The van der Waals surface area contributed by atoms with E-state index in [9.17, 15) is 0 Å². The first-order chi connectivity index (χ1) is 8.83. The van der Waals surface area contributed by atoms with E-state index in [2.05, 4.69) is 72.4 Å². The summed E-state index contributed by atoms with van der Waals surface area (Å²) >= 11 is 5.25. The smallest absolute Gasteiger partial charge is 0.0752 e. The first-order valence-electron chi connectivity index (χ1n) is 6.36. The Hall–Kier alpha value is -0.650. The van der Waals surface area contributed by atoms with Crippen molar-refractivity contribution >= 4 is 27.3 Å². The lowest BCUT2D eigenvalue weighted by molar-refractivity contribution is 0.423. The third-order valence-electron chi connectivity index (χ3n) is 2.80. The number of halogens is 1. The number of hydrogen-bond acceptors (Lipinski definition) is 3. The van der Waals surface area contributed by atoms with Crippen LogP contribution in [-0.4, -0.2) is 15.3 Å². The van der Waals surface area contributed by atoms with Gasteiger partial charge in [-0.25, -0.2) is 0 Å². The van der Waals surface area contributed by atoms with Gasteiger partial charge in [0.25, 0.3) is 0 Å². The number of nitrogens with zero attached hydrogens (tertiary/aromatic N) is 2. The minimum Gasteiger partial charge on any atom is -0.308 e. The summed E-state index contributed by atoms with van der Waals surface area (Å²) in [6, 6.07) is 4.22. The number of rotatable bonds is 4. The van der Waals surface area contributed by atoms with Gasteiger partial charge < -0.3 is 5.32 Å². The summed E-state index contributed by atoms with van der Waals surface area (Å²) in [4.78, 5) is 1.31. The van der Waals surface area contributed by atoms with Gasteiger partial charge in [0.1, 0.15) is 0 Å². The van der Waals surface area contributed by atoms with Crippen molar-refractivity contribution in [2.75, 3.05) is 0 Å². The van der Waals surface area contributed by atoms with Crippen LogP contribution >= 0.6 is 27.3 Å². The van der Waals surface area contributed by atoms with E-state index >= 15 is 0 Å². The minimum absolute atomic E-state index is 0.132. The van der Waals surface area contributed by atoms with Crippen molar-refractivity contribution in [1.29, 1.82) is 0 Å². The molecular weight excluding hydrogens is 322 g/mol. The van der Waals surface area contributed by atoms with E-state index < -0.39 is 0 Å². The van der Waals surface area contributed by atoms with Crippen LogP contribution in [0.15, 0.2) is 22.1 Å². The Morgan fingerprint density at radius 2 is 2.11 bits per heavy atom. The second-order valence-corrected chi connectivity index (χ2v) is 8.29. The minimum atomic E-state index is 0.132. The summed E-state index contributed by atoms with van der Waals surface area (Å²) in [7, 11) is 0. The number of thiophene rings is 1. The summed E-state index contributed by atoms with van der Waals surface area (Å²) in [6.07, 6.45) is 2.14. The Morgan fingerprint density at radius 1 is 1.37 bits per heavy atom. The molecule has 1 N–H and O–H groups in total. The van der Waals surface area contributed by atoms with Gasteiger partial charge in [0, 0.05) is 28.7 Å². The Morgan fingerprint density at radius 3 is 2.68 bits per heavy atom. The van der Waals surface area contributed by atoms with Crippen molar-refractivity contribution in [1.82, 2.24) is 15.1 Å². The van der Waals surface area contributed by atoms with Crippen LogP contribution in [0, 0.1) is 6.92 Å². The zero-order valence-corrected chi connectivity index (χ0v) is 14.2. The van der Waals surface area contributed by atoms with E-state index in [0.717, 1.165) is 18.8 Å². The fourth-order valence-corrected chi connectivity index (χ4v) is 3.25. The molecule has 0 radical (unpaired) electrons. The van der Waals surface area contributed by atoms with Crippen LogP contribution in [0.1, 0.15) is 36.9 Å². The Labute approximate surface area is 127 Å². The molecule has 0 aromatic carbocycles. The number of aryl methyl sites for hydroxylation is 1. The molecule has 104 valence electrons. The molecule has 0 saturated heterocycles. The van der Waals surface area contributed by atoms with Crippen molar-refractivity contribution < 1.29 is 0 Å². The molecule has 0 spiro atoms. The molecule has 19 heavy (non-hydrogen) atoms. The molecule has 2 aromatic heterocycles. The van der Waals surface area contributed by atoms with Crippen molar-refractivity contribution in [2.24, 2.45) is 0 Å². The van der Waals surface area contributed by atoms with Crippen LogP contribution in [-0.2, 0) is 13.1 Å². The number of nitrogens with one attached hydrogen (secondary N) is 1. The zero-order valence-electron chi connectivity index (χ0n) is 11.8. The first-order valence-corrected chi connectivity index (χ1v) is 7.96. The second-order valence-electron chi connectivity index (χ2n) is 5.75. The van der Waals surface area contributed by atoms with Gasteiger partial charge in [0.05, 0.1) is 16.0 Å². The topological polar surface area (TPSA) is 29.9 Å². The highest BCUT2D eigenvalue weighted by Gasteiger charge is 2.11. The normalized spacial score (nSPS) is 12.1. The lowest BCUT2D eigenvalue weighted by atomic mass is 10.1. The molecule has 5 heteroatoms. The summed E-state index contributed by atoms with van der Waals surface area (Å²) in [5.74, 6) is 0. The molecule has 2 heterocycles. The molecule has 2 aromatic rings. The second kappa shape index (κ2) is 5.77. The fourth-order valence-electron chi connectivity index (χ4n) is 1.77. The van der Waals surface area contributed by atoms with Gasteiger partial charge in [-0.3, -0.25) is 4.68 Å². The van der Waals surface area contributed by atoms with Crippen LogP contribution < -0.4 is 5.32 Å². The van der Waals surface area contributed by atoms with E-state index in [1.54, 1.807) is 11.3 Å². The first kappa shape index (κ1) is 14.8. The highest BCUT2D eigenvalue weighted by Crippen LogP contribution is 2.23. The lowest BCUT2D eigenvalue weighted by Gasteiger charge is -2.20. The molecule has 0 bridgehead atoms. The maximum absolute atomic E-state index is 4.58. The maximum Gasteiger partial charge on any atom is 0.0752 e. The summed E-state index contributed by atoms with van der Waals surface area (Å²) in [5, 5.41) is 8.09. The van der Waals surface area contributed by atoms with Gasteiger partial charge in [-0.1, -0.05) is 0 Å². The van der Waals surface area contributed by atoms with Gasteiger partial charge in [0.2, 0.25) is 0 Å².